The van der Waals surface area contributed by atoms with Gasteiger partial charge in [-0.3, -0.25) is 0 Å². The van der Waals surface area contributed by atoms with Crippen LogP contribution in [0.25, 0.3) is 0 Å². The Hall–Kier alpha value is -0.940. The summed E-state index contributed by atoms with van der Waals surface area (Å²) < 4.78 is 6.09. The molecule has 55 valence electrons. The van der Waals surface area contributed by atoms with Gasteiger partial charge in [-0.25, -0.2) is 0 Å². The van der Waals surface area contributed by atoms with Crippen LogP contribution in [-0.2, 0) is 11.3 Å². The highest BCUT2D eigenvalue weighted by Gasteiger charge is 2.01. The number of ether oxygens (including phenoxy) is 1. The lowest BCUT2D eigenvalue weighted by molar-refractivity contribution is -0.0836. The molecule has 0 aliphatic carbocycles. The van der Waals surface area contributed by atoms with Crippen molar-refractivity contribution in [2.24, 2.45) is 0 Å². The quantitative estimate of drug-likeness (QED) is 0.552. The van der Waals surface area contributed by atoms with Gasteiger partial charge in [0.05, 0.1) is 6.54 Å². The molecule has 10 heavy (non-hydrogen) atoms. The molecule has 5 nitrogen and oxygen atoms in total. The SMILES string of the molecule is COC(O)Cn1[c]nnc1. The van der Waals surface area contributed by atoms with Crippen molar-refractivity contribution in [1.82, 2.24) is 14.8 Å². The zero-order valence-electron chi connectivity index (χ0n) is 5.56. The summed E-state index contributed by atoms with van der Waals surface area (Å²) in [5.41, 5.74) is 0. The highest BCUT2D eigenvalue weighted by Crippen LogP contribution is 1.88. The predicted molar refractivity (Wildman–Crippen MR) is 31.9 cm³/mol. The van der Waals surface area contributed by atoms with Crippen molar-refractivity contribution in [2.45, 2.75) is 12.8 Å². The molecule has 1 rings (SSSR count). The lowest BCUT2D eigenvalue weighted by Crippen LogP contribution is -2.16. The van der Waals surface area contributed by atoms with E-state index in [2.05, 4.69) is 21.3 Å². The average Bonchev–Trinajstić information content (AvgIpc) is 2.40. The van der Waals surface area contributed by atoms with Crippen LogP contribution in [0.4, 0.5) is 0 Å². The molecule has 0 saturated heterocycles. The topological polar surface area (TPSA) is 60.2 Å². The first-order valence-electron chi connectivity index (χ1n) is 2.79. The van der Waals surface area contributed by atoms with Gasteiger partial charge in [-0.15, -0.1) is 10.2 Å². The Morgan fingerprint density at radius 3 is 3.20 bits per heavy atom. The van der Waals surface area contributed by atoms with E-state index in [1.54, 1.807) is 0 Å². The molecule has 5 heteroatoms. The van der Waals surface area contributed by atoms with Gasteiger partial charge in [0, 0.05) is 7.11 Å². The standard InChI is InChI=1S/C5H8N3O2/c1-10-5(9)2-8-3-6-7-4-8/h3,5,9H,2H2,1H3. The highest BCUT2D eigenvalue weighted by atomic mass is 16.6. The van der Waals surface area contributed by atoms with Gasteiger partial charge in [-0.2, -0.15) is 0 Å². The van der Waals surface area contributed by atoms with Crippen molar-refractivity contribution in [3.05, 3.63) is 12.7 Å². The van der Waals surface area contributed by atoms with E-state index in [0.29, 0.717) is 6.54 Å². The number of hydrogen-bond acceptors (Lipinski definition) is 4. The number of aromatic nitrogens is 3. The molecular weight excluding hydrogens is 134 g/mol. The first kappa shape index (κ1) is 7.17. The van der Waals surface area contributed by atoms with Crippen LogP contribution in [0.5, 0.6) is 0 Å². The molecule has 0 saturated carbocycles. The van der Waals surface area contributed by atoms with Crippen LogP contribution < -0.4 is 0 Å². The molecule has 1 unspecified atom stereocenters. The van der Waals surface area contributed by atoms with Crippen LogP contribution in [0.15, 0.2) is 6.33 Å². The van der Waals surface area contributed by atoms with Gasteiger partial charge in [-0.1, -0.05) is 0 Å². The first-order valence-corrected chi connectivity index (χ1v) is 2.79. The van der Waals surface area contributed by atoms with Crippen molar-refractivity contribution in [2.75, 3.05) is 7.11 Å². The molecule has 1 N–H and O–H groups in total. The lowest BCUT2D eigenvalue weighted by atomic mass is 10.6. The van der Waals surface area contributed by atoms with Crippen molar-refractivity contribution >= 4 is 0 Å². The molecule has 1 atom stereocenters. The molecule has 0 aromatic carbocycles. The number of nitrogens with zero attached hydrogens (tertiary/aromatic N) is 3. The Bertz CT molecular complexity index is 175. The number of rotatable bonds is 3. The summed E-state index contributed by atoms with van der Waals surface area (Å²) in [7, 11) is 1.43. The normalized spacial score (nSPS) is 13.4. The van der Waals surface area contributed by atoms with E-state index < -0.39 is 6.29 Å². The van der Waals surface area contributed by atoms with Gasteiger partial charge in [-0.05, 0) is 0 Å². The van der Waals surface area contributed by atoms with E-state index in [1.165, 1.54) is 18.0 Å². The molecule has 1 aromatic heterocycles. The summed E-state index contributed by atoms with van der Waals surface area (Å²) >= 11 is 0. The summed E-state index contributed by atoms with van der Waals surface area (Å²) in [5.74, 6) is 0. The Morgan fingerprint density at radius 1 is 1.90 bits per heavy atom. The van der Waals surface area contributed by atoms with E-state index in [0.717, 1.165) is 0 Å². The third kappa shape index (κ3) is 1.78. The Morgan fingerprint density at radius 2 is 2.70 bits per heavy atom. The second-order valence-corrected chi connectivity index (χ2v) is 1.77. The monoisotopic (exact) mass is 142 g/mol. The van der Waals surface area contributed by atoms with Crippen molar-refractivity contribution in [1.29, 1.82) is 0 Å². The Balaban J connectivity index is 2.40. The Kier molecular flexibility index (Phi) is 2.35. The smallest absolute Gasteiger partial charge is 0.201 e. The molecule has 1 aromatic rings. The minimum Gasteiger partial charge on any atom is -0.366 e. The minimum absolute atomic E-state index is 0.309. The van der Waals surface area contributed by atoms with E-state index in [1.807, 2.05) is 0 Å². The zero-order chi connectivity index (χ0) is 7.40. The third-order valence-electron chi connectivity index (χ3n) is 1.05. The summed E-state index contributed by atoms with van der Waals surface area (Å²) in [6.45, 7) is 0.309. The van der Waals surface area contributed by atoms with Gasteiger partial charge < -0.3 is 14.4 Å². The molecular formula is C5H8N3O2. The maximum absolute atomic E-state index is 8.91. The van der Waals surface area contributed by atoms with Gasteiger partial charge in [0.25, 0.3) is 0 Å². The van der Waals surface area contributed by atoms with Crippen molar-refractivity contribution in [3.63, 3.8) is 0 Å². The van der Waals surface area contributed by atoms with Crippen molar-refractivity contribution in [3.8, 4) is 0 Å². The number of methoxy groups -OCH3 is 1. The number of hydrogen-bond donors (Lipinski definition) is 1. The molecule has 1 heterocycles. The second-order valence-electron chi connectivity index (χ2n) is 1.77. The van der Waals surface area contributed by atoms with Crippen LogP contribution in [0.2, 0.25) is 0 Å². The molecule has 0 aliphatic rings. The lowest BCUT2D eigenvalue weighted by Gasteiger charge is -2.06. The largest absolute Gasteiger partial charge is 0.366 e. The summed E-state index contributed by atoms with van der Waals surface area (Å²) in [6.07, 6.45) is 3.17. The fourth-order valence-electron chi connectivity index (χ4n) is 0.528. The Labute approximate surface area is 58.3 Å². The maximum Gasteiger partial charge on any atom is 0.201 e. The second kappa shape index (κ2) is 3.28. The fraction of sp³-hybridized carbons (Fsp3) is 0.600. The fourth-order valence-corrected chi connectivity index (χ4v) is 0.528. The van der Waals surface area contributed by atoms with Crippen LogP contribution >= 0.6 is 0 Å². The van der Waals surface area contributed by atoms with E-state index in [4.69, 9.17) is 5.11 Å². The third-order valence-corrected chi connectivity index (χ3v) is 1.05. The molecule has 0 bridgehead atoms. The van der Waals surface area contributed by atoms with Crippen LogP contribution in [0, 0.1) is 6.33 Å². The van der Waals surface area contributed by atoms with Crippen LogP contribution in [-0.4, -0.2) is 33.3 Å². The highest BCUT2D eigenvalue weighted by molar-refractivity contribution is 4.58. The summed E-state index contributed by atoms with van der Waals surface area (Å²) in [4.78, 5) is 0. The van der Waals surface area contributed by atoms with Crippen molar-refractivity contribution < 1.29 is 9.84 Å². The molecule has 0 aliphatic heterocycles. The van der Waals surface area contributed by atoms with Gasteiger partial charge >= 0.3 is 0 Å². The van der Waals surface area contributed by atoms with Crippen LogP contribution in [0.3, 0.4) is 0 Å². The number of aliphatic hydroxyl groups excluding tert-OH is 1. The molecule has 0 fully saturated rings. The van der Waals surface area contributed by atoms with E-state index in [-0.39, 0.29) is 0 Å². The van der Waals surface area contributed by atoms with Gasteiger partial charge in [0.2, 0.25) is 6.33 Å². The summed E-state index contributed by atoms with van der Waals surface area (Å²) in [5, 5.41) is 15.8. The zero-order valence-corrected chi connectivity index (χ0v) is 5.56. The van der Waals surface area contributed by atoms with Crippen LogP contribution in [0.1, 0.15) is 0 Å². The summed E-state index contributed by atoms with van der Waals surface area (Å²) in [6, 6.07) is 0. The average molecular weight is 142 g/mol. The number of aliphatic hydroxyl groups is 1. The van der Waals surface area contributed by atoms with Gasteiger partial charge in [0.1, 0.15) is 6.33 Å². The van der Waals surface area contributed by atoms with E-state index in [9.17, 15) is 0 Å². The van der Waals surface area contributed by atoms with E-state index >= 15 is 0 Å². The molecule has 0 spiro atoms. The minimum atomic E-state index is -0.813. The molecule has 0 amide bonds. The first-order chi connectivity index (χ1) is 4.83. The predicted octanol–water partition coefficient (Wildman–Crippen LogP) is -0.957. The maximum atomic E-state index is 8.91. The van der Waals surface area contributed by atoms with Gasteiger partial charge in [0.15, 0.2) is 6.29 Å². The molecule has 1 radical (unpaired) electrons.